The SMILES string of the molecule is CC(C)OCCCN1C(=O)C(=O)C(=C(O)c2ccc([N+](=O)[O-])cc2)[C@H]1c1cccc([N+](=O)[O-])c1. The summed E-state index contributed by atoms with van der Waals surface area (Å²) in [4.78, 5) is 48.1. The summed E-state index contributed by atoms with van der Waals surface area (Å²) in [6.07, 6.45) is 0.374. The van der Waals surface area contributed by atoms with Gasteiger partial charge in [-0.1, -0.05) is 12.1 Å². The molecule has 2 aromatic carbocycles. The highest BCUT2D eigenvalue weighted by molar-refractivity contribution is 6.46. The van der Waals surface area contributed by atoms with Crippen molar-refractivity contribution in [3.8, 4) is 0 Å². The molecule has 0 spiro atoms. The highest BCUT2D eigenvalue weighted by Crippen LogP contribution is 2.40. The Labute approximate surface area is 194 Å². The number of aliphatic hydroxyl groups excluding tert-OH is 1. The van der Waals surface area contributed by atoms with Gasteiger partial charge in [-0.3, -0.25) is 29.8 Å². The third kappa shape index (κ3) is 5.09. The maximum atomic E-state index is 13.0. The van der Waals surface area contributed by atoms with Crippen molar-refractivity contribution in [2.45, 2.75) is 32.4 Å². The Morgan fingerprint density at radius 1 is 1.06 bits per heavy atom. The zero-order valence-electron chi connectivity index (χ0n) is 18.5. The van der Waals surface area contributed by atoms with Crippen molar-refractivity contribution in [1.29, 1.82) is 0 Å². The normalized spacial score (nSPS) is 17.4. The predicted octanol–water partition coefficient (Wildman–Crippen LogP) is 3.74. The summed E-state index contributed by atoms with van der Waals surface area (Å²) >= 11 is 0. The fourth-order valence-electron chi connectivity index (χ4n) is 3.72. The zero-order valence-corrected chi connectivity index (χ0v) is 18.5. The van der Waals surface area contributed by atoms with Gasteiger partial charge in [-0.25, -0.2) is 0 Å². The molecule has 1 fully saturated rings. The number of nitro benzene ring substituents is 2. The lowest BCUT2D eigenvalue weighted by molar-refractivity contribution is -0.385. The number of aliphatic hydroxyl groups is 1. The molecule has 1 N–H and O–H groups in total. The third-order valence-electron chi connectivity index (χ3n) is 5.28. The van der Waals surface area contributed by atoms with Crippen LogP contribution in [0.2, 0.25) is 0 Å². The van der Waals surface area contributed by atoms with Crippen LogP contribution in [0.4, 0.5) is 11.4 Å². The molecule has 0 aliphatic carbocycles. The number of carbonyl (C=O) groups excluding carboxylic acids is 2. The number of nitro groups is 2. The van der Waals surface area contributed by atoms with Crippen molar-refractivity contribution in [3.63, 3.8) is 0 Å². The summed E-state index contributed by atoms with van der Waals surface area (Å²) < 4.78 is 5.50. The number of hydrogen-bond donors (Lipinski definition) is 1. The highest BCUT2D eigenvalue weighted by atomic mass is 16.6. The number of benzene rings is 2. The lowest BCUT2D eigenvalue weighted by atomic mass is 9.95. The van der Waals surface area contributed by atoms with Gasteiger partial charge in [0.25, 0.3) is 23.1 Å². The van der Waals surface area contributed by atoms with Gasteiger partial charge >= 0.3 is 0 Å². The number of ketones is 1. The Balaban J connectivity index is 2.08. The quantitative estimate of drug-likeness (QED) is 0.145. The molecule has 1 saturated heterocycles. The second-order valence-electron chi connectivity index (χ2n) is 7.92. The molecule has 0 bridgehead atoms. The average molecular weight is 469 g/mol. The summed E-state index contributed by atoms with van der Waals surface area (Å²) in [6, 6.07) is 9.27. The van der Waals surface area contributed by atoms with Crippen LogP contribution in [-0.2, 0) is 14.3 Å². The van der Waals surface area contributed by atoms with E-state index in [2.05, 4.69) is 0 Å². The number of carbonyl (C=O) groups is 2. The maximum absolute atomic E-state index is 13.0. The number of Topliss-reactive ketones (excluding diaryl/α,β-unsaturated/α-hetero) is 1. The second kappa shape index (κ2) is 10.2. The standard InChI is InChI=1S/C23H23N3O8/c1-14(2)34-12-4-11-24-20(16-5-3-6-18(13-16)26(32)33)19(22(28)23(24)29)21(27)15-7-9-17(10-8-15)25(30)31/h3,5-10,13-14,20,27H,4,11-12H2,1-2H3/t20-/m1/s1. The third-order valence-corrected chi connectivity index (χ3v) is 5.28. The van der Waals surface area contributed by atoms with Crippen LogP contribution >= 0.6 is 0 Å². The minimum absolute atomic E-state index is 0.0230. The van der Waals surface area contributed by atoms with Crippen molar-refractivity contribution in [1.82, 2.24) is 4.90 Å². The van der Waals surface area contributed by atoms with Crippen molar-refractivity contribution >= 4 is 28.8 Å². The van der Waals surface area contributed by atoms with E-state index in [4.69, 9.17) is 4.74 Å². The number of nitrogens with zero attached hydrogens (tertiary/aromatic N) is 3. The lowest BCUT2D eigenvalue weighted by Crippen LogP contribution is -2.31. The van der Waals surface area contributed by atoms with E-state index in [0.717, 1.165) is 12.1 Å². The fraction of sp³-hybridized carbons (Fsp3) is 0.304. The predicted molar refractivity (Wildman–Crippen MR) is 121 cm³/mol. The first kappa shape index (κ1) is 24.5. The van der Waals surface area contributed by atoms with Crippen LogP contribution < -0.4 is 0 Å². The molecule has 11 heteroatoms. The van der Waals surface area contributed by atoms with Crippen LogP contribution in [0.3, 0.4) is 0 Å². The topological polar surface area (TPSA) is 153 Å². The molecule has 0 unspecified atom stereocenters. The number of ether oxygens (including phenoxy) is 1. The van der Waals surface area contributed by atoms with Crippen LogP contribution in [-0.4, -0.2) is 50.8 Å². The van der Waals surface area contributed by atoms with E-state index in [-0.39, 0.29) is 40.7 Å². The van der Waals surface area contributed by atoms with Crippen LogP contribution in [0.1, 0.15) is 37.4 Å². The molecule has 178 valence electrons. The minimum atomic E-state index is -1.07. The molecule has 1 aliphatic heterocycles. The number of amides is 1. The van der Waals surface area contributed by atoms with Gasteiger partial charge in [0.1, 0.15) is 5.76 Å². The van der Waals surface area contributed by atoms with Crippen molar-refractivity contribution in [2.24, 2.45) is 0 Å². The van der Waals surface area contributed by atoms with Crippen molar-refractivity contribution in [3.05, 3.63) is 85.5 Å². The molecular weight excluding hydrogens is 446 g/mol. The molecule has 34 heavy (non-hydrogen) atoms. The monoisotopic (exact) mass is 469 g/mol. The first-order valence-electron chi connectivity index (χ1n) is 10.5. The molecule has 1 aliphatic rings. The first-order valence-corrected chi connectivity index (χ1v) is 10.5. The van der Waals surface area contributed by atoms with Gasteiger partial charge in [-0.2, -0.15) is 0 Å². The van der Waals surface area contributed by atoms with Gasteiger partial charge in [0.15, 0.2) is 0 Å². The molecule has 1 heterocycles. The van der Waals surface area contributed by atoms with E-state index in [1.165, 1.54) is 41.3 Å². The number of rotatable bonds is 9. The molecule has 1 atom stereocenters. The number of hydrogen-bond acceptors (Lipinski definition) is 8. The Morgan fingerprint density at radius 3 is 2.29 bits per heavy atom. The Kier molecular flexibility index (Phi) is 7.37. The molecule has 2 aromatic rings. The number of likely N-dealkylation sites (tertiary alicyclic amines) is 1. The fourth-order valence-corrected chi connectivity index (χ4v) is 3.72. The van der Waals surface area contributed by atoms with E-state index in [1.807, 2.05) is 13.8 Å². The van der Waals surface area contributed by atoms with E-state index in [9.17, 15) is 34.9 Å². The summed E-state index contributed by atoms with van der Waals surface area (Å²) in [5.41, 5.74) is -0.313. The summed E-state index contributed by atoms with van der Waals surface area (Å²) in [5, 5.41) is 33.2. The lowest BCUT2D eigenvalue weighted by Gasteiger charge is -2.25. The summed E-state index contributed by atoms with van der Waals surface area (Å²) in [6.45, 7) is 4.16. The average Bonchev–Trinajstić information content (AvgIpc) is 3.06. The van der Waals surface area contributed by atoms with Crippen LogP contribution in [0.5, 0.6) is 0 Å². The Hall–Kier alpha value is -4.12. The Bertz CT molecular complexity index is 1160. The molecule has 11 nitrogen and oxygen atoms in total. The summed E-state index contributed by atoms with van der Waals surface area (Å²) in [7, 11) is 0. The molecular formula is C23H23N3O8. The van der Waals surface area contributed by atoms with E-state index >= 15 is 0 Å². The minimum Gasteiger partial charge on any atom is -0.507 e. The molecule has 3 rings (SSSR count). The van der Waals surface area contributed by atoms with E-state index < -0.39 is 33.3 Å². The van der Waals surface area contributed by atoms with Gasteiger partial charge in [0.05, 0.1) is 27.6 Å². The largest absolute Gasteiger partial charge is 0.507 e. The van der Waals surface area contributed by atoms with Crippen LogP contribution in [0.25, 0.3) is 5.76 Å². The molecule has 0 saturated carbocycles. The second-order valence-corrected chi connectivity index (χ2v) is 7.92. The first-order chi connectivity index (χ1) is 16.1. The van der Waals surface area contributed by atoms with E-state index in [0.29, 0.717) is 13.0 Å². The summed E-state index contributed by atoms with van der Waals surface area (Å²) in [5.74, 6) is -2.33. The van der Waals surface area contributed by atoms with Gasteiger partial charge in [-0.05, 0) is 38.0 Å². The van der Waals surface area contributed by atoms with Gasteiger partial charge < -0.3 is 14.7 Å². The van der Waals surface area contributed by atoms with Crippen molar-refractivity contribution in [2.75, 3.05) is 13.2 Å². The van der Waals surface area contributed by atoms with Crippen LogP contribution in [0, 0.1) is 20.2 Å². The molecule has 0 aromatic heterocycles. The smallest absolute Gasteiger partial charge is 0.295 e. The van der Waals surface area contributed by atoms with Gasteiger partial charge in [0, 0.05) is 43.0 Å². The Morgan fingerprint density at radius 2 is 1.71 bits per heavy atom. The number of non-ortho nitro benzene ring substituents is 2. The molecule has 0 radical (unpaired) electrons. The zero-order chi connectivity index (χ0) is 25.0. The highest BCUT2D eigenvalue weighted by Gasteiger charge is 2.46. The van der Waals surface area contributed by atoms with Gasteiger partial charge in [-0.15, -0.1) is 0 Å². The van der Waals surface area contributed by atoms with E-state index in [1.54, 1.807) is 0 Å². The van der Waals surface area contributed by atoms with Gasteiger partial charge in [0.2, 0.25) is 0 Å². The van der Waals surface area contributed by atoms with Crippen molar-refractivity contribution < 1.29 is 29.3 Å². The molecule has 1 amide bonds. The maximum Gasteiger partial charge on any atom is 0.295 e. The van der Waals surface area contributed by atoms with Crippen LogP contribution in [0.15, 0.2) is 54.1 Å².